The van der Waals surface area contributed by atoms with Crippen molar-refractivity contribution in [1.29, 1.82) is 0 Å². The minimum atomic E-state index is -0.277. The van der Waals surface area contributed by atoms with E-state index in [1.165, 1.54) is 37.2 Å². The maximum atomic E-state index is 12.4. The third-order valence-electron chi connectivity index (χ3n) is 5.49. The van der Waals surface area contributed by atoms with Gasteiger partial charge in [0.1, 0.15) is 5.75 Å². The summed E-state index contributed by atoms with van der Waals surface area (Å²) < 4.78 is 3.48. The number of aromatic hydroxyl groups is 1. The standard InChI is InChI=1S/C23H22Br2ClN5O2S/c24-16-10-15(21(33)19(25)11-16)12-27-28-20(32)13-34-23-30-29-22(14-6-8-17(26)9-7-14)31(23)18-4-2-1-3-5-18/h6-12,18,33H,1-5,13H2,(H,28,32)/b27-12+. The third-order valence-corrected chi connectivity index (χ3v) is 7.75. The number of rotatable bonds is 7. The predicted octanol–water partition coefficient (Wildman–Crippen LogP) is 6.58. The highest BCUT2D eigenvalue weighted by atomic mass is 79.9. The number of benzene rings is 2. The Bertz CT molecular complexity index is 1200. The minimum absolute atomic E-state index is 0.0471. The Morgan fingerprint density at radius 1 is 1.21 bits per heavy atom. The van der Waals surface area contributed by atoms with Gasteiger partial charge in [-0.3, -0.25) is 9.36 Å². The maximum Gasteiger partial charge on any atom is 0.250 e. The second-order valence-corrected chi connectivity index (χ2v) is 11.0. The van der Waals surface area contributed by atoms with Crippen molar-refractivity contribution in [1.82, 2.24) is 20.2 Å². The van der Waals surface area contributed by atoms with Crippen molar-refractivity contribution < 1.29 is 9.90 Å². The van der Waals surface area contributed by atoms with Gasteiger partial charge < -0.3 is 5.11 Å². The Kier molecular flexibility index (Phi) is 8.68. The Balaban J connectivity index is 1.46. The fourth-order valence-corrected chi connectivity index (χ4v) is 6.04. The minimum Gasteiger partial charge on any atom is -0.506 e. The number of phenolic OH excluding ortho intramolecular Hbond substituents is 1. The van der Waals surface area contributed by atoms with Crippen LogP contribution in [0.4, 0.5) is 0 Å². The number of hydrogen-bond donors (Lipinski definition) is 2. The van der Waals surface area contributed by atoms with Crippen molar-refractivity contribution in [2.75, 3.05) is 5.75 Å². The summed E-state index contributed by atoms with van der Waals surface area (Å²) in [6.45, 7) is 0. The van der Waals surface area contributed by atoms with Gasteiger partial charge in [0.25, 0.3) is 5.91 Å². The van der Waals surface area contributed by atoms with Crippen LogP contribution in [0.25, 0.3) is 11.4 Å². The topological polar surface area (TPSA) is 92.4 Å². The van der Waals surface area contributed by atoms with Gasteiger partial charge in [0.15, 0.2) is 11.0 Å². The zero-order valence-corrected chi connectivity index (χ0v) is 22.8. The molecule has 0 saturated heterocycles. The monoisotopic (exact) mass is 625 g/mol. The summed E-state index contributed by atoms with van der Waals surface area (Å²) in [5.41, 5.74) is 3.93. The number of amides is 1. The van der Waals surface area contributed by atoms with Gasteiger partial charge >= 0.3 is 0 Å². The lowest BCUT2D eigenvalue weighted by molar-refractivity contribution is -0.118. The molecule has 0 radical (unpaired) electrons. The number of nitrogens with one attached hydrogen (secondary N) is 1. The second kappa shape index (κ2) is 11.7. The summed E-state index contributed by atoms with van der Waals surface area (Å²) in [6.07, 6.45) is 7.10. The summed E-state index contributed by atoms with van der Waals surface area (Å²) in [5, 5.41) is 24.3. The van der Waals surface area contributed by atoms with E-state index in [-0.39, 0.29) is 17.4 Å². The van der Waals surface area contributed by atoms with Crippen LogP contribution in [0, 0.1) is 0 Å². The number of nitrogens with zero attached hydrogens (tertiary/aromatic N) is 4. The van der Waals surface area contributed by atoms with E-state index in [0.717, 1.165) is 28.7 Å². The fourth-order valence-electron chi connectivity index (χ4n) is 3.86. The van der Waals surface area contributed by atoms with Crippen molar-refractivity contribution in [2.45, 2.75) is 43.3 Å². The number of carbonyl (C=O) groups excluding carboxylic acids is 1. The van der Waals surface area contributed by atoms with Crippen LogP contribution in [-0.4, -0.2) is 37.7 Å². The van der Waals surface area contributed by atoms with Crippen LogP contribution in [0.5, 0.6) is 5.75 Å². The highest BCUT2D eigenvalue weighted by Crippen LogP contribution is 2.36. The first-order valence-corrected chi connectivity index (χ1v) is 13.7. The molecule has 34 heavy (non-hydrogen) atoms. The zero-order chi connectivity index (χ0) is 24.1. The molecule has 1 amide bonds. The number of hydrogen-bond acceptors (Lipinski definition) is 6. The maximum absolute atomic E-state index is 12.4. The molecule has 1 fully saturated rings. The first-order valence-electron chi connectivity index (χ1n) is 10.8. The van der Waals surface area contributed by atoms with Crippen LogP contribution in [0.1, 0.15) is 43.7 Å². The molecule has 4 rings (SSSR count). The molecule has 0 aliphatic heterocycles. The fraction of sp³-hybridized carbons (Fsp3) is 0.304. The van der Waals surface area contributed by atoms with Gasteiger partial charge in [-0.15, -0.1) is 10.2 Å². The summed E-state index contributed by atoms with van der Waals surface area (Å²) in [5.74, 6) is 0.698. The van der Waals surface area contributed by atoms with Crippen LogP contribution in [0.3, 0.4) is 0 Å². The third kappa shape index (κ3) is 6.21. The Hall–Kier alpha value is -1.88. The molecule has 0 unspecified atom stereocenters. The van der Waals surface area contributed by atoms with Crippen LogP contribution < -0.4 is 5.43 Å². The van der Waals surface area contributed by atoms with Crippen molar-refractivity contribution in [3.63, 3.8) is 0 Å². The SMILES string of the molecule is O=C(CSc1nnc(-c2ccc(Cl)cc2)n1C1CCCCC1)N/N=C/c1cc(Br)cc(Br)c1O. The van der Waals surface area contributed by atoms with Crippen molar-refractivity contribution in [3.8, 4) is 17.1 Å². The molecule has 1 aliphatic rings. The lowest BCUT2D eigenvalue weighted by Gasteiger charge is -2.25. The van der Waals surface area contributed by atoms with Gasteiger partial charge in [-0.25, -0.2) is 5.43 Å². The van der Waals surface area contributed by atoms with Crippen molar-refractivity contribution in [3.05, 3.63) is 55.9 Å². The average Bonchev–Trinajstić information content (AvgIpc) is 3.25. The summed E-state index contributed by atoms with van der Waals surface area (Å²) in [6, 6.07) is 11.3. The number of carbonyl (C=O) groups is 1. The molecule has 0 bridgehead atoms. The van der Waals surface area contributed by atoms with Gasteiger partial charge in [-0.1, -0.05) is 58.6 Å². The van der Waals surface area contributed by atoms with Gasteiger partial charge in [0.2, 0.25) is 0 Å². The molecule has 11 heteroatoms. The number of thioether (sulfide) groups is 1. The number of aromatic nitrogens is 3. The van der Waals surface area contributed by atoms with E-state index in [0.29, 0.717) is 26.3 Å². The molecule has 1 heterocycles. The summed E-state index contributed by atoms with van der Waals surface area (Å²) in [4.78, 5) is 12.4. The summed E-state index contributed by atoms with van der Waals surface area (Å²) in [7, 11) is 0. The van der Waals surface area contributed by atoms with Crippen LogP contribution in [0.15, 0.2) is 55.6 Å². The lowest BCUT2D eigenvalue weighted by atomic mass is 9.95. The Morgan fingerprint density at radius 3 is 2.68 bits per heavy atom. The molecule has 1 aromatic heterocycles. The van der Waals surface area contributed by atoms with E-state index in [1.54, 1.807) is 12.1 Å². The highest BCUT2D eigenvalue weighted by molar-refractivity contribution is 9.11. The Labute approximate surface area is 223 Å². The largest absolute Gasteiger partial charge is 0.506 e. The van der Waals surface area contributed by atoms with Crippen LogP contribution in [0.2, 0.25) is 5.02 Å². The molecule has 3 aromatic rings. The highest BCUT2D eigenvalue weighted by Gasteiger charge is 2.24. The first kappa shape index (κ1) is 25.2. The van der Waals surface area contributed by atoms with E-state index in [4.69, 9.17) is 11.6 Å². The molecule has 0 atom stereocenters. The predicted molar refractivity (Wildman–Crippen MR) is 143 cm³/mol. The zero-order valence-electron chi connectivity index (χ0n) is 18.0. The molecule has 2 aromatic carbocycles. The van der Waals surface area contributed by atoms with Crippen LogP contribution in [-0.2, 0) is 4.79 Å². The van der Waals surface area contributed by atoms with E-state index >= 15 is 0 Å². The lowest BCUT2D eigenvalue weighted by Crippen LogP contribution is -2.20. The molecule has 1 saturated carbocycles. The number of hydrazone groups is 1. The van der Waals surface area contributed by atoms with Crippen molar-refractivity contribution >= 4 is 67.3 Å². The smallest absolute Gasteiger partial charge is 0.250 e. The van der Waals surface area contributed by atoms with Crippen molar-refractivity contribution in [2.24, 2.45) is 5.10 Å². The number of halogens is 3. The molecule has 2 N–H and O–H groups in total. The first-order chi connectivity index (χ1) is 16.4. The molecule has 1 aliphatic carbocycles. The number of phenols is 1. The van der Waals surface area contributed by atoms with E-state index < -0.39 is 0 Å². The molecular weight excluding hydrogens is 606 g/mol. The van der Waals surface area contributed by atoms with Crippen LogP contribution >= 0.6 is 55.2 Å². The van der Waals surface area contributed by atoms with E-state index in [9.17, 15) is 9.90 Å². The summed E-state index contributed by atoms with van der Waals surface area (Å²) >= 11 is 14.0. The van der Waals surface area contributed by atoms with Gasteiger partial charge in [0, 0.05) is 26.7 Å². The van der Waals surface area contributed by atoms with Gasteiger partial charge in [-0.2, -0.15) is 5.10 Å². The molecule has 0 spiro atoms. The van der Waals surface area contributed by atoms with E-state index in [1.807, 2.05) is 24.3 Å². The average molecular weight is 628 g/mol. The molecule has 7 nitrogen and oxygen atoms in total. The van der Waals surface area contributed by atoms with Gasteiger partial charge in [-0.05, 0) is 65.2 Å². The molecular formula is C23H22Br2ClN5O2S. The molecule has 178 valence electrons. The van der Waals surface area contributed by atoms with E-state index in [2.05, 4.69) is 57.2 Å². The normalized spacial score (nSPS) is 14.6. The Morgan fingerprint density at radius 2 is 1.94 bits per heavy atom. The quantitative estimate of drug-likeness (QED) is 0.176. The van der Waals surface area contributed by atoms with Gasteiger partial charge in [0.05, 0.1) is 16.4 Å². The second-order valence-electron chi connectivity index (χ2n) is 7.88.